The molecule has 3 aromatic heterocycles. The summed E-state index contributed by atoms with van der Waals surface area (Å²) in [6.07, 6.45) is 3.33. The fourth-order valence-electron chi connectivity index (χ4n) is 2.95. The third-order valence-corrected chi connectivity index (χ3v) is 4.37. The van der Waals surface area contributed by atoms with Gasteiger partial charge in [-0.1, -0.05) is 23.7 Å². The number of carbonyl (C=O) groups excluding carboxylic acids is 1. The van der Waals surface area contributed by atoms with Gasteiger partial charge in [0.2, 0.25) is 0 Å². The summed E-state index contributed by atoms with van der Waals surface area (Å²) in [6, 6.07) is 11.2. The summed E-state index contributed by atoms with van der Waals surface area (Å²) in [5, 5.41) is 12.1. The van der Waals surface area contributed by atoms with Gasteiger partial charge in [0.05, 0.1) is 12.7 Å². The van der Waals surface area contributed by atoms with E-state index in [4.69, 9.17) is 11.6 Å². The number of hydrogen-bond acceptors (Lipinski definition) is 4. The van der Waals surface area contributed by atoms with Crippen molar-refractivity contribution in [2.45, 2.75) is 20.4 Å². The summed E-state index contributed by atoms with van der Waals surface area (Å²) in [5.74, 6) is 0.168. The molecule has 0 spiro atoms. The maximum Gasteiger partial charge on any atom is 0.262 e. The molecule has 1 N–H and O–H groups in total. The average molecular weight is 381 g/mol. The second kappa shape index (κ2) is 6.85. The average Bonchev–Trinajstić information content (AvgIpc) is 3.22. The Morgan fingerprint density at radius 1 is 1.22 bits per heavy atom. The molecule has 27 heavy (non-hydrogen) atoms. The van der Waals surface area contributed by atoms with E-state index in [1.54, 1.807) is 21.5 Å². The molecule has 0 bridgehead atoms. The first-order valence-electron chi connectivity index (χ1n) is 8.41. The van der Waals surface area contributed by atoms with Crippen molar-refractivity contribution in [1.29, 1.82) is 0 Å². The Balaban J connectivity index is 1.53. The summed E-state index contributed by atoms with van der Waals surface area (Å²) in [5.41, 5.74) is 3.72. The Morgan fingerprint density at radius 2 is 2.07 bits per heavy atom. The van der Waals surface area contributed by atoms with Crippen molar-refractivity contribution < 1.29 is 4.79 Å². The minimum absolute atomic E-state index is 0.296. The lowest BCUT2D eigenvalue weighted by Gasteiger charge is -2.04. The highest BCUT2D eigenvalue weighted by atomic mass is 35.5. The van der Waals surface area contributed by atoms with Crippen molar-refractivity contribution in [3.8, 4) is 0 Å². The first kappa shape index (κ1) is 17.2. The standard InChI is InChI=1S/C19H17ClN6O/c1-12-8-13(2)26-18(22-12)16(10-21-26)19(27)23-17-6-7-25(24-17)11-14-4-3-5-15(20)9-14/h3-10H,11H2,1-2H3,(H,23,24,27). The van der Waals surface area contributed by atoms with Gasteiger partial charge in [0.15, 0.2) is 11.5 Å². The minimum Gasteiger partial charge on any atom is -0.305 e. The van der Waals surface area contributed by atoms with Gasteiger partial charge in [-0.15, -0.1) is 0 Å². The molecule has 8 heteroatoms. The Hall–Kier alpha value is -3.19. The number of nitrogens with zero attached hydrogens (tertiary/aromatic N) is 5. The highest BCUT2D eigenvalue weighted by Gasteiger charge is 2.16. The molecular weight excluding hydrogens is 364 g/mol. The van der Waals surface area contributed by atoms with Crippen molar-refractivity contribution in [3.63, 3.8) is 0 Å². The number of aromatic nitrogens is 5. The van der Waals surface area contributed by atoms with Gasteiger partial charge in [0.25, 0.3) is 5.91 Å². The SMILES string of the molecule is Cc1cc(C)n2ncc(C(=O)Nc3ccn(Cc4cccc(Cl)c4)n3)c2n1. The van der Waals surface area contributed by atoms with Crippen LogP contribution in [0.3, 0.4) is 0 Å². The quantitative estimate of drug-likeness (QED) is 0.587. The van der Waals surface area contributed by atoms with Crippen LogP contribution in [0.5, 0.6) is 0 Å². The molecule has 136 valence electrons. The molecule has 1 aromatic carbocycles. The topological polar surface area (TPSA) is 77.1 Å². The van der Waals surface area contributed by atoms with E-state index in [-0.39, 0.29) is 5.91 Å². The molecular formula is C19H17ClN6O. The van der Waals surface area contributed by atoms with Crippen molar-refractivity contribution in [3.05, 3.63) is 76.3 Å². The van der Waals surface area contributed by atoms with Gasteiger partial charge in [-0.2, -0.15) is 10.2 Å². The van der Waals surface area contributed by atoms with Crippen molar-refractivity contribution in [2.24, 2.45) is 0 Å². The van der Waals surface area contributed by atoms with Crippen molar-refractivity contribution >= 4 is 29.0 Å². The van der Waals surface area contributed by atoms with Gasteiger partial charge in [-0.3, -0.25) is 9.48 Å². The number of fused-ring (bicyclic) bond motifs is 1. The molecule has 0 radical (unpaired) electrons. The highest BCUT2D eigenvalue weighted by molar-refractivity contribution is 6.30. The van der Waals surface area contributed by atoms with Crippen molar-refractivity contribution in [1.82, 2.24) is 24.4 Å². The number of anilines is 1. The summed E-state index contributed by atoms with van der Waals surface area (Å²) in [6.45, 7) is 4.38. The van der Waals surface area contributed by atoms with Crippen LogP contribution in [0.25, 0.3) is 5.65 Å². The van der Waals surface area contributed by atoms with Crippen LogP contribution in [-0.2, 0) is 6.54 Å². The van der Waals surface area contributed by atoms with Crippen LogP contribution in [0.15, 0.2) is 48.8 Å². The first-order valence-corrected chi connectivity index (χ1v) is 8.78. The van der Waals surface area contributed by atoms with Gasteiger partial charge < -0.3 is 5.32 Å². The number of hydrogen-bond donors (Lipinski definition) is 1. The molecule has 0 saturated carbocycles. The Bertz CT molecular complexity index is 1150. The van der Waals surface area contributed by atoms with Crippen LogP contribution >= 0.6 is 11.6 Å². The molecule has 0 unspecified atom stereocenters. The zero-order chi connectivity index (χ0) is 19.0. The van der Waals surface area contributed by atoms with Gasteiger partial charge >= 0.3 is 0 Å². The highest BCUT2D eigenvalue weighted by Crippen LogP contribution is 2.15. The normalized spacial score (nSPS) is 11.1. The third-order valence-electron chi connectivity index (χ3n) is 4.14. The first-order chi connectivity index (χ1) is 13.0. The van der Waals surface area contributed by atoms with Gasteiger partial charge in [-0.25, -0.2) is 9.50 Å². The Labute approximate surface area is 160 Å². The molecule has 3 heterocycles. The van der Waals surface area contributed by atoms with Crippen LogP contribution < -0.4 is 5.32 Å². The van der Waals surface area contributed by atoms with Gasteiger partial charge in [0.1, 0.15) is 5.56 Å². The Kier molecular flexibility index (Phi) is 4.37. The third kappa shape index (κ3) is 3.54. The maximum absolute atomic E-state index is 12.7. The molecule has 0 atom stereocenters. The van der Waals surface area contributed by atoms with E-state index in [9.17, 15) is 4.79 Å². The number of nitrogens with one attached hydrogen (secondary N) is 1. The summed E-state index contributed by atoms with van der Waals surface area (Å²) in [4.78, 5) is 17.1. The number of halogens is 1. The lowest BCUT2D eigenvalue weighted by atomic mass is 10.2. The van der Waals surface area contributed by atoms with E-state index in [1.807, 2.05) is 44.2 Å². The monoisotopic (exact) mass is 380 g/mol. The summed E-state index contributed by atoms with van der Waals surface area (Å²) < 4.78 is 3.39. The summed E-state index contributed by atoms with van der Waals surface area (Å²) in [7, 11) is 0. The molecule has 0 aliphatic rings. The smallest absolute Gasteiger partial charge is 0.262 e. The summed E-state index contributed by atoms with van der Waals surface area (Å²) >= 11 is 6.01. The van der Waals surface area contributed by atoms with Crippen LogP contribution in [-0.4, -0.2) is 30.3 Å². The number of rotatable bonds is 4. The molecule has 4 aromatic rings. The second-order valence-corrected chi connectivity index (χ2v) is 6.75. The molecule has 0 aliphatic heterocycles. The van der Waals surface area contributed by atoms with E-state index in [1.165, 1.54) is 6.20 Å². The molecule has 0 saturated heterocycles. The molecule has 0 aliphatic carbocycles. The van der Waals surface area contributed by atoms with Crippen LogP contribution in [0.2, 0.25) is 5.02 Å². The van der Waals surface area contributed by atoms with Gasteiger partial charge in [-0.05, 0) is 37.6 Å². The van der Waals surface area contributed by atoms with E-state index < -0.39 is 0 Å². The van der Waals surface area contributed by atoms with Gasteiger partial charge in [0, 0.05) is 28.7 Å². The molecule has 7 nitrogen and oxygen atoms in total. The predicted octanol–water partition coefficient (Wildman–Crippen LogP) is 3.50. The fraction of sp³-hybridized carbons (Fsp3) is 0.158. The maximum atomic E-state index is 12.7. The Morgan fingerprint density at radius 3 is 2.89 bits per heavy atom. The number of amides is 1. The number of aryl methyl sites for hydroxylation is 2. The van der Waals surface area contributed by atoms with Crippen LogP contribution in [0.4, 0.5) is 5.82 Å². The van der Waals surface area contributed by atoms with Crippen molar-refractivity contribution in [2.75, 3.05) is 5.32 Å². The fourth-order valence-corrected chi connectivity index (χ4v) is 3.17. The van der Waals surface area contributed by atoms with E-state index >= 15 is 0 Å². The number of carbonyl (C=O) groups is 1. The molecule has 0 fully saturated rings. The van der Waals surface area contributed by atoms with Crippen LogP contribution in [0, 0.1) is 13.8 Å². The minimum atomic E-state index is -0.296. The van der Waals surface area contributed by atoms with E-state index in [0.717, 1.165) is 17.0 Å². The molecule has 1 amide bonds. The number of benzene rings is 1. The lowest BCUT2D eigenvalue weighted by Crippen LogP contribution is -2.13. The van der Waals surface area contributed by atoms with E-state index in [0.29, 0.717) is 28.6 Å². The largest absolute Gasteiger partial charge is 0.305 e. The zero-order valence-corrected chi connectivity index (χ0v) is 15.6. The second-order valence-electron chi connectivity index (χ2n) is 6.32. The predicted molar refractivity (Wildman–Crippen MR) is 103 cm³/mol. The lowest BCUT2D eigenvalue weighted by molar-refractivity contribution is 0.102. The van der Waals surface area contributed by atoms with E-state index in [2.05, 4.69) is 20.5 Å². The van der Waals surface area contributed by atoms with Crippen LogP contribution in [0.1, 0.15) is 27.3 Å². The molecule has 4 rings (SSSR count). The zero-order valence-electron chi connectivity index (χ0n) is 14.8.